The Hall–Kier alpha value is -3.00. The summed E-state index contributed by atoms with van der Waals surface area (Å²) < 4.78 is 28.3. The highest BCUT2D eigenvalue weighted by Gasteiger charge is 2.30. The van der Waals surface area contributed by atoms with E-state index in [1.54, 1.807) is 17.2 Å². The number of carbonyl (C=O) groups is 1. The number of aromatic nitrogens is 3. The SMILES string of the molecule is CC1Cn2ncc(-c3ccc(F)cn3)c2CN1C(=O)Nc1ccc(F)c(Cl)c1. The molecule has 1 aromatic carbocycles. The van der Waals surface area contributed by atoms with E-state index in [0.717, 1.165) is 17.5 Å². The molecule has 0 radical (unpaired) electrons. The van der Waals surface area contributed by atoms with Crippen molar-refractivity contribution in [2.45, 2.75) is 26.1 Å². The molecule has 1 aliphatic heterocycles. The van der Waals surface area contributed by atoms with Gasteiger partial charge in [-0.05, 0) is 37.3 Å². The lowest BCUT2D eigenvalue weighted by Gasteiger charge is -2.34. The smallest absolute Gasteiger partial charge is 0.314 e. The first-order valence-corrected chi connectivity index (χ1v) is 8.99. The zero-order chi connectivity index (χ0) is 19.8. The number of rotatable bonds is 2. The number of benzene rings is 1. The van der Waals surface area contributed by atoms with Gasteiger partial charge in [-0.3, -0.25) is 9.67 Å². The lowest BCUT2D eigenvalue weighted by atomic mass is 10.1. The zero-order valence-corrected chi connectivity index (χ0v) is 15.6. The molecule has 4 rings (SSSR count). The third-order valence-corrected chi connectivity index (χ3v) is 4.96. The van der Waals surface area contributed by atoms with Crippen LogP contribution in [0.4, 0.5) is 19.3 Å². The fourth-order valence-corrected chi connectivity index (χ4v) is 3.37. The molecule has 0 fully saturated rings. The van der Waals surface area contributed by atoms with Crippen LogP contribution in [0.15, 0.2) is 42.7 Å². The number of carbonyl (C=O) groups excluding carboxylic acids is 1. The van der Waals surface area contributed by atoms with Gasteiger partial charge in [0, 0.05) is 11.3 Å². The van der Waals surface area contributed by atoms with Crippen molar-refractivity contribution >= 4 is 23.3 Å². The van der Waals surface area contributed by atoms with Crippen molar-refractivity contribution in [3.63, 3.8) is 0 Å². The Kier molecular flexibility index (Phi) is 4.72. The molecule has 28 heavy (non-hydrogen) atoms. The summed E-state index contributed by atoms with van der Waals surface area (Å²) in [7, 11) is 0. The second kappa shape index (κ2) is 7.20. The van der Waals surface area contributed by atoms with E-state index in [9.17, 15) is 13.6 Å². The number of halogens is 3. The lowest BCUT2D eigenvalue weighted by molar-refractivity contribution is 0.162. The first kappa shape index (κ1) is 18.4. The van der Waals surface area contributed by atoms with Crippen molar-refractivity contribution in [1.29, 1.82) is 0 Å². The molecular weight excluding hydrogens is 388 g/mol. The summed E-state index contributed by atoms with van der Waals surface area (Å²) in [4.78, 5) is 18.5. The molecule has 1 unspecified atom stereocenters. The highest BCUT2D eigenvalue weighted by molar-refractivity contribution is 6.31. The number of hydrogen-bond donors (Lipinski definition) is 1. The van der Waals surface area contributed by atoms with E-state index in [-0.39, 0.29) is 17.1 Å². The second-order valence-corrected chi connectivity index (χ2v) is 6.99. The van der Waals surface area contributed by atoms with Gasteiger partial charge in [0.05, 0.1) is 47.9 Å². The summed E-state index contributed by atoms with van der Waals surface area (Å²) in [6.45, 7) is 2.72. The summed E-state index contributed by atoms with van der Waals surface area (Å²) in [5.74, 6) is -0.969. The monoisotopic (exact) mass is 403 g/mol. The van der Waals surface area contributed by atoms with Gasteiger partial charge in [0.25, 0.3) is 0 Å². The molecule has 2 amide bonds. The van der Waals surface area contributed by atoms with Crippen LogP contribution in [-0.4, -0.2) is 31.7 Å². The number of urea groups is 1. The fourth-order valence-electron chi connectivity index (χ4n) is 3.19. The molecular formula is C19H16ClF2N5O. The van der Waals surface area contributed by atoms with E-state index >= 15 is 0 Å². The predicted octanol–water partition coefficient (Wildman–Crippen LogP) is 4.31. The molecule has 3 aromatic rings. The lowest BCUT2D eigenvalue weighted by Crippen LogP contribution is -2.47. The van der Waals surface area contributed by atoms with Gasteiger partial charge in [0.2, 0.25) is 0 Å². The molecule has 1 N–H and O–H groups in total. The minimum atomic E-state index is -0.550. The predicted molar refractivity (Wildman–Crippen MR) is 101 cm³/mol. The van der Waals surface area contributed by atoms with Gasteiger partial charge in [-0.15, -0.1) is 0 Å². The first-order valence-electron chi connectivity index (χ1n) is 8.61. The maximum absolute atomic E-state index is 13.3. The van der Waals surface area contributed by atoms with Crippen molar-refractivity contribution in [3.05, 3.63) is 65.1 Å². The number of nitrogens with one attached hydrogen (secondary N) is 1. The van der Waals surface area contributed by atoms with Crippen molar-refractivity contribution in [1.82, 2.24) is 19.7 Å². The molecule has 1 aliphatic rings. The third kappa shape index (κ3) is 3.43. The molecule has 2 aromatic heterocycles. The minimum Gasteiger partial charge on any atom is -0.314 e. The van der Waals surface area contributed by atoms with Crippen LogP contribution in [-0.2, 0) is 13.1 Å². The largest absolute Gasteiger partial charge is 0.322 e. The Morgan fingerprint density at radius 1 is 1.25 bits per heavy atom. The summed E-state index contributed by atoms with van der Waals surface area (Å²) in [5.41, 5.74) is 2.55. The van der Waals surface area contributed by atoms with Crippen LogP contribution in [0.1, 0.15) is 12.6 Å². The summed E-state index contributed by atoms with van der Waals surface area (Å²) in [5, 5.41) is 7.05. The van der Waals surface area contributed by atoms with Gasteiger partial charge < -0.3 is 10.2 Å². The van der Waals surface area contributed by atoms with E-state index in [1.165, 1.54) is 24.3 Å². The number of amides is 2. The van der Waals surface area contributed by atoms with Crippen molar-refractivity contribution in [3.8, 4) is 11.3 Å². The van der Waals surface area contributed by atoms with Gasteiger partial charge in [0.15, 0.2) is 0 Å². The third-order valence-electron chi connectivity index (χ3n) is 4.67. The molecule has 1 atom stereocenters. The zero-order valence-electron chi connectivity index (χ0n) is 14.9. The van der Waals surface area contributed by atoms with Crippen LogP contribution in [0.2, 0.25) is 5.02 Å². The van der Waals surface area contributed by atoms with E-state index in [0.29, 0.717) is 24.5 Å². The number of nitrogens with zero attached hydrogens (tertiary/aromatic N) is 4. The minimum absolute atomic E-state index is 0.0627. The average Bonchev–Trinajstić information content (AvgIpc) is 3.07. The average molecular weight is 404 g/mol. The molecule has 9 heteroatoms. The maximum Gasteiger partial charge on any atom is 0.322 e. The molecule has 6 nitrogen and oxygen atoms in total. The summed E-state index contributed by atoms with van der Waals surface area (Å²) >= 11 is 5.78. The summed E-state index contributed by atoms with van der Waals surface area (Å²) in [6.07, 6.45) is 2.82. The number of hydrogen-bond acceptors (Lipinski definition) is 3. The van der Waals surface area contributed by atoms with Crippen molar-refractivity contribution in [2.24, 2.45) is 0 Å². The molecule has 0 bridgehead atoms. The van der Waals surface area contributed by atoms with Gasteiger partial charge in [-0.2, -0.15) is 5.10 Å². The topological polar surface area (TPSA) is 63.1 Å². The van der Waals surface area contributed by atoms with Crippen LogP contribution < -0.4 is 5.32 Å². The molecule has 3 heterocycles. The highest BCUT2D eigenvalue weighted by Crippen LogP contribution is 2.28. The Balaban J connectivity index is 1.58. The van der Waals surface area contributed by atoms with Crippen LogP contribution in [0, 0.1) is 11.6 Å². The Morgan fingerprint density at radius 2 is 2.07 bits per heavy atom. The van der Waals surface area contributed by atoms with Crippen LogP contribution in [0.25, 0.3) is 11.3 Å². The van der Waals surface area contributed by atoms with Gasteiger partial charge in [0.1, 0.15) is 11.6 Å². The van der Waals surface area contributed by atoms with Crippen LogP contribution >= 0.6 is 11.6 Å². The van der Waals surface area contributed by atoms with Crippen LogP contribution in [0.3, 0.4) is 0 Å². The van der Waals surface area contributed by atoms with Crippen LogP contribution in [0.5, 0.6) is 0 Å². The van der Waals surface area contributed by atoms with Gasteiger partial charge in [-0.1, -0.05) is 11.6 Å². The molecule has 0 saturated heterocycles. The van der Waals surface area contributed by atoms with E-state index in [1.807, 2.05) is 11.6 Å². The Labute approximate surface area is 164 Å². The van der Waals surface area contributed by atoms with E-state index in [4.69, 9.17) is 11.6 Å². The molecule has 0 spiro atoms. The summed E-state index contributed by atoms with van der Waals surface area (Å²) in [6, 6.07) is 6.48. The number of pyridine rings is 1. The highest BCUT2D eigenvalue weighted by atomic mass is 35.5. The van der Waals surface area contributed by atoms with Crippen molar-refractivity contribution in [2.75, 3.05) is 5.32 Å². The van der Waals surface area contributed by atoms with Crippen molar-refractivity contribution < 1.29 is 13.6 Å². The van der Waals surface area contributed by atoms with Gasteiger partial charge in [-0.25, -0.2) is 13.6 Å². The second-order valence-electron chi connectivity index (χ2n) is 6.58. The Bertz CT molecular complexity index is 1040. The standard InChI is InChI=1S/C19H16ClF2N5O/c1-11-9-27-18(14(8-24-27)17-5-2-12(21)7-23-17)10-26(11)19(28)25-13-3-4-16(22)15(20)6-13/h2-8,11H,9-10H2,1H3,(H,25,28). The fraction of sp³-hybridized carbons (Fsp3) is 0.211. The molecule has 0 saturated carbocycles. The first-order chi connectivity index (χ1) is 13.4. The quantitative estimate of drug-likeness (QED) is 0.693. The van der Waals surface area contributed by atoms with E-state index < -0.39 is 11.6 Å². The van der Waals surface area contributed by atoms with Gasteiger partial charge >= 0.3 is 6.03 Å². The Morgan fingerprint density at radius 3 is 2.79 bits per heavy atom. The normalized spacial score (nSPS) is 16.0. The number of anilines is 1. The molecule has 0 aliphatic carbocycles. The number of fused-ring (bicyclic) bond motifs is 1. The van der Waals surface area contributed by atoms with E-state index in [2.05, 4.69) is 15.4 Å². The maximum atomic E-state index is 13.3. The molecule has 144 valence electrons.